The van der Waals surface area contributed by atoms with Crippen LogP contribution in [-0.2, 0) is 11.3 Å². The Morgan fingerprint density at radius 1 is 1.00 bits per heavy atom. The number of carbonyl (C=O) groups excluding carboxylic acids is 1. The number of ether oxygens (including phenoxy) is 1. The van der Waals surface area contributed by atoms with Crippen LogP contribution in [0.3, 0.4) is 0 Å². The zero-order valence-electron chi connectivity index (χ0n) is 13.1. The van der Waals surface area contributed by atoms with Crippen molar-refractivity contribution in [3.63, 3.8) is 0 Å². The van der Waals surface area contributed by atoms with E-state index in [1.165, 1.54) is 0 Å². The number of benzene rings is 1. The van der Waals surface area contributed by atoms with E-state index in [2.05, 4.69) is 15.3 Å². The van der Waals surface area contributed by atoms with Crippen molar-refractivity contribution in [2.24, 2.45) is 0 Å². The van der Waals surface area contributed by atoms with Crippen molar-refractivity contribution in [1.29, 1.82) is 0 Å². The summed E-state index contributed by atoms with van der Waals surface area (Å²) in [4.78, 5) is 20.3. The maximum atomic E-state index is 11.8. The zero-order valence-corrected chi connectivity index (χ0v) is 13.1. The van der Waals surface area contributed by atoms with Gasteiger partial charge in [-0.3, -0.25) is 14.8 Å². The molecule has 1 N–H and O–H groups in total. The topological polar surface area (TPSA) is 64.1 Å². The van der Waals surface area contributed by atoms with E-state index < -0.39 is 0 Å². The molecule has 2 heterocycles. The highest BCUT2D eigenvalue weighted by Crippen LogP contribution is 2.15. The van der Waals surface area contributed by atoms with Gasteiger partial charge in [0.2, 0.25) is 0 Å². The van der Waals surface area contributed by atoms with E-state index in [1.54, 1.807) is 18.6 Å². The smallest absolute Gasteiger partial charge is 0.258 e. The van der Waals surface area contributed by atoms with Gasteiger partial charge >= 0.3 is 0 Å². The second kappa shape index (κ2) is 7.87. The molecule has 0 bridgehead atoms. The number of hydrogen-bond acceptors (Lipinski definition) is 4. The van der Waals surface area contributed by atoms with E-state index >= 15 is 0 Å². The van der Waals surface area contributed by atoms with Crippen molar-refractivity contribution >= 4 is 5.91 Å². The lowest BCUT2D eigenvalue weighted by atomic mass is 10.1. The van der Waals surface area contributed by atoms with E-state index in [-0.39, 0.29) is 12.5 Å². The minimum atomic E-state index is -0.171. The molecule has 1 aromatic carbocycles. The van der Waals surface area contributed by atoms with E-state index in [0.717, 1.165) is 16.8 Å². The average Bonchev–Trinajstić information content (AvgIpc) is 2.67. The fourth-order valence-corrected chi connectivity index (χ4v) is 2.13. The molecular weight excluding hydrogens is 302 g/mol. The number of aromatic nitrogens is 2. The fourth-order valence-electron chi connectivity index (χ4n) is 2.13. The highest BCUT2D eigenvalue weighted by molar-refractivity contribution is 5.77. The van der Waals surface area contributed by atoms with Crippen molar-refractivity contribution < 1.29 is 9.53 Å². The molecule has 0 aliphatic rings. The first-order chi connectivity index (χ1) is 11.8. The molecule has 0 saturated heterocycles. The molecular formula is C19H17N3O2. The Morgan fingerprint density at radius 2 is 1.88 bits per heavy atom. The molecule has 5 heteroatoms. The van der Waals surface area contributed by atoms with Gasteiger partial charge < -0.3 is 10.1 Å². The van der Waals surface area contributed by atoms with E-state index in [1.807, 2.05) is 54.6 Å². The molecule has 3 rings (SSSR count). The van der Waals surface area contributed by atoms with Crippen molar-refractivity contribution in [2.45, 2.75) is 6.54 Å². The van der Waals surface area contributed by atoms with Crippen LogP contribution in [0.15, 0.2) is 73.2 Å². The molecule has 0 radical (unpaired) electrons. The zero-order chi connectivity index (χ0) is 16.6. The Balaban J connectivity index is 1.49. The Hall–Kier alpha value is -3.21. The number of amides is 1. The van der Waals surface area contributed by atoms with Gasteiger partial charge in [0.1, 0.15) is 5.75 Å². The SMILES string of the molecule is O=C(COc1ccccc1)NCc1ccc(-c2cccnc2)nc1. The third kappa shape index (κ3) is 4.39. The second-order valence-corrected chi connectivity index (χ2v) is 5.17. The summed E-state index contributed by atoms with van der Waals surface area (Å²) in [5, 5.41) is 2.81. The molecule has 0 spiro atoms. The molecule has 24 heavy (non-hydrogen) atoms. The fraction of sp³-hybridized carbons (Fsp3) is 0.105. The van der Waals surface area contributed by atoms with E-state index in [9.17, 15) is 4.79 Å². The van der Waals surface area contributed by atoms with Gasteiger partial charge in [-0.05, 0) is 35.9 Å². The summed E-state index contributed by atoms with van der Waals surface area (Å²) in [6.07, 6.45) is 5.25. The van der Waals surface area contributed by atoms with E-state index in [4.69, 9.17) is 4.74 Å². The largest absolute Gasteiger partial charge is 0.484 e. The number of nitrogens with one attached hydrogen (secondary N) is 1. The lowest BCUT2D eigenvalue weighted by Crippen LogP contribution is -2.28. The van der Waals surface area contributed by atoms with Crippen molar-refractivity contribution in [1.82, 2.24) is 15.3 Å². The highest BCUT2D eigenvalue weighted by Gasteiger charge is 2.04. The predicted octanol–water partition coefficient (Wildman–Crippen LogP) is 2.84. The normalized spacial score (nSPS) is 10.2. The minimum absolute atomic E-state index is 0.00872. The summed E-state index contributed by atoms with van der Waals surface area (Å²) in [6, 6.07) is 16.9. The van der Waals surface area contributed by atoms with Crippen LogP contribution in [0.5, 0.6) is 5.75 Å². The van der Waals surface area contributed by atoms with Gasteiger partial charge in [0.05, 0.1) is 5.69 Å². The predicted molar refractivity (Wildman–Crippen MR) is 91.3 cm³/mol. The number of hydrogen-bond donors (Lipinski definition) is 1. The van der Waals surface area contributed by atoms with Crippen LogP contribution in [0.1, 0.15) is 5.56 Å². The third-order valence-electron chi connectivity index (χ3n) is 3.38. The highest BCUT2D eigenvalue weighted by atomic mass is 16.5. The van der Waals surface area contributed by atoms with Gasteiger partial charge in [0, 0.05) is 30.7 Å². The first-order valence-electron chi connectivity index (χ1n) is 7.61. The summed E-state index contributed by atoms with van der Waals surface area (Å²) in [6.45, 7) is 0.405. The van der Waals surface area contributed by atoms with Crippen molar-refractivity contribution in [3.8, 4) is 17.0 Å². The molecule has 0 aliphatic heterocycles. The molecule has 2 aromatic heterocycles. The third-order valence-corrected chi connectivity index (χ3v) is 3.38. The first kappa shape index (κ1) is 15.7. The molecule has 5 nitrogen and oxygen atoms in total. The lowest BCUT2D eigenvalue weighted by Gasteiger charge is -2.08. The molecule has 120 valence electrons. The molecule has 0 atom stereocenters. The van der Waals surface area contributed by atoms with Gasteiger partial charge in [-0.2, -0.15) is 0 Å². The second-order valence-electron chi connectivity index (χ2n) is 5.17. The summed E-state index contributed by atoms with van der Waals surface area (Å²) in [5.41, 5.74) is 2.74. The van der Waals surface area contributed by atoms with Gasteiger partial charge in [0.15, 0.2) is 6.61 Å². The molecule has 0 aliphatic carbocycles. The molecule has 0 saturated carbocycles. The van der Waals surface area contributed by atoms with Crippen LogP contribution in [0.4, 0.5) is 0 Å². The summed E-state index contributed by atoms with van der Waals surface area (Å²) < 4.78 is 5.40. The van der Waals surface area contributed by atoms with Crippen LogP contribution in [0.2, 0.25) is 0 Å². The average molecular weight is 319 g/mol. The van der Waals surface area contributed by atoms with Crippen molar-refractivity contribution in [3.05, 3.63) is 78.8 Å². The molecule has 0 fully saturated rings. The van der Waals surface area contributed by atoms with Crippen LogP contribution in [0.25, 0.3) is 11.3 Å². The summed E-state index contributed by atoms with van der Waals surface area (Å²) in [7, 11) is 0. The molecule has 3 aromatic rings. The monoisotopic (exact) mass is 319 g/mol. The van der Waals surface area contributed by atoms with Crippen LogP contribution < -0.4 is 10.1 Å². The van der Waals surface area contributed by atoms with E-state index in [0.29, 0.717) is 12.3 Å². The lowest BCUT2D eigenvalue weighted by molar-refractivity contribution is -0.123. The van der Waals surface area contributed by atoms with Crippen LogP contribution >= 0.6 is 0 Å². The molecule has 0 unspecified atom stereocenters. The van der Waals surface area contributed by atoms with Gasteiger partial charge in [0.25, 0.3) is 5.91 Å². The number of carbonyl (C=O) groups is 1. The summed E-state index contributed by atoms with van der Waals surface area (Å²) >= 11 is 0. The quantitative estimate of drug-likeness (QED) is 0.759. The minimum Gasteiger partial charge on any atom is -0.484 e. The van der Waals surface area contributed by atoms with Gasteiger partial charge in [-0.1, -0.05) is 24.3 Å². The molecule has 1 amide bonds. The Kier molecular flexibility index (Phi) is 5.14. The Labute approximate surface area is 140 Å². The number of para-hydroxylation sites is 1. The maximum Gasteiger partial charge on any atom is 0.258 e. The van der Waals surface area contributed by atoms with Crippen LogP contribution in [-0.4, -0.2) is 22.5 Å². The maximum absolute atomic E-state index is 11.8. The summed E-state index contributed by atoms with van der Waals surface area (Å²) in [5.74, 6) is 0.505. The number of pyridine rings is 2. The Morgan fingerprint density at radius 3 is 2.58 bits per heavy atom. The van der Waals surface area contributed by atoms with Gasteiger partial charge in [-0.15, -0.1) is 0 Å². The van der Waals surface area contributed by atoms with Crippen LogP contribution in [0, 0.1) is 0 Å². The van der Waals surface area contributed by atoms with Gasteiger partial charge in [-0.25, -0.2) is 0 Å². The standard InChI is InChI=1S/C19H17N3O2/c23-19(14-24-17-6-2-1-3-7-17)22-12-15-8-9-18(21-11-15)16-5-4-10-20-13-16/h1-11,13H,12,14H2,(H,22,23). The van der Waals surface area contributed by atoms with Crippen molar-refractivity contribution in [2.75, 3.05) is 6.61 Å². The first-order valence-corrected chi connectivity index (χ1v) is 7.61. The Bertz CT molecular complexity index is 775. The number of nitrogens with zero attached hydrogens (tertiary/aromatic N) is 2. The number of rotatable bonds is 6.